The zero-order valence-corrected chi connectivity index (χ0v) is 29.0. The van der Waals surface area contributed by atoms with E-state index < -0.39 is 44.4 Å². The number of ether oxygens (including phenoxy) is 3. The van der Waals surface area contributed by atoms with Crippen molar-refractivity contribution in [2.75, 3.05) is 0 Å². The number of hydrogen-bond acceptors (Lipinski definition) is 9. The van der Waals surface area contributed by atoms with E-state index in [1.165, 1.54) is 0 Å². The molecule has 2 N–H and O–H groups in total. The summed E-state index contributed by atoms with van der Waals surface area (Å²) in [5.74, 6) is 0. The van der Waals surface area contributed by atoms with Crippen molar-refractivity contribution in [1.82, 2.24) is 0 Å². The minimum atomic E-state index is -4.44. The van der Waals surface area contributed by atoms with E-state index in [4.69, 9.17) is 27.8 Å². The molecule has 6 rings (SSSR count). The molecule has 1 aliphatic carbocycles. The fourth-order valence-corrected chi connectivity index (χ4v) is 7.21. The minimum absolute atomic E-state index is 0.0787. The molecule has 0 bridgehead atoms. The zero-order valence-electron chi connectivity index (χ0n) is 28.1. The van der Waals surface area contributed by atoms with Crippen molar-refractivity contribution in [3.05, 3.63) is 179 Å². The quantitative estimate of drug-likeness (QED) is 0.0954. The summed E-state index contributed by atoms with van der Waals surface area (Å²) in [4.78, 5) is 0. The Balaban J connectivity index is 1.33. The molecule has 0 saturated heterocycles. The van der Waals surface area contributed by atoms with Gasteiger partial charge in [-0.1, -0.05) is 152 Å². The number of benzene rings is 5. The summed E-state index contributed by atoms with van der Waals surface area (Å²) >= 11 is 0. The van der Waals surface area contributed by atoms with Gasteiger partial charge in [0.1, 0.15) is 36.6 Å². The number of rotatable bonds is 17. The lowest BCUT2D eigenvalue weighted by molar-refractivity contribution is -0.259. The zero-order chi connectivity index (χ0) is 35.3. The summed E-state index contributed by atoms with van der Waals surface area (Å²) < 4.78 is 52.0. The highest BCUT2D eigenvalue weighted by Crippen LogP contribution is 2.54. The number of phosphoric acid groups is 1. The van der Waals surface area contributed by atoms with Crippen LogP contribution in [0.15, 0.2) is 152 Å². The van der Waals surface area contributed by atoms with Gasteiger partial charge in [0.05, 0.1) is 33.0 Å². The van der Waals surface area contributed by atoms with E-state index in [0.29, 0.717) is 0 Å². The highest BCUT2D eigenvalue weighted by molar-refractivity contribution is 7.48. The molecule has 0 amide bonds. The van der Waals surface area contributed by atoms with Crippen LogP contribution in [0.2, 0.25) is 0 Å². The van der Waals surface area contributed by atoms with Gasteiger partial charge in [0.15, 0.2) is 0 Å². The average Bonchev–Trinajstić information content (AvgIpc) is 3.18. The summed E-state index contributed by atoms with van der Waals surface area (Å²) in [5.41, 5.74) is 4.02. The maximum absolute atomic E-state index is 14.7. The lowest BCUT2D eigenvalue weighted by Crippen LogP contribution is -2.66. The monoisotopic (exact) mass is 710 g/mol. The maximum Gasteiger partial charge on any atom is 0.475 e. The molecule has 1 saturated carbocycles. The van der Waals surface area contributed by atoms with E-state index in [1.54, 1.807) is 0 Å². The Kier molecular flexibility index (Phi) is 13.3. The Hall–Kier alpha value is -3.99. The van der Waals surface area contributed by atoms with Crippen molar-refractivity contribution < 1.29 is 42.6 Å². The molecule has 0 aromatic heterocycles. The third-order valence-corrected chi connectivity index (χ3v) is 9.96. The summed E-state index contributed by atoms with van der Waals surface area (Å²) in [7, 11) is -4.44. The van der Waals surface area contributed by atoms with Crippen LogP contribution in [0.5, 0.6) is 0 Å². The molecule has 5 aromatic rings. The second-order valence-electron chi connectivity index (χ2n) is 12.3. The van der Waals surface area contributed by atoms with Gasteiger partial charge in [-0.15, -0.1) is 0 Å². The number of phosphoric ester groups is 1. The Bertz CT molecular complexity index is 1660. The highest BCUT2D eigenvalue weighted by Gasteiger charge is 2.55. The SMILES string of the molecule is O=P(OCc1ccccc1)(OCc1ccccc1)O[C@@H]1[C@@H](OCc2ccccc2)[C@H](O)[C@@H](OCc2ccccc2)[C@H](O)[C@@H]1OCc1ccccc1. The molecule has 9 nitrogen and oxygen atoms in total. The van der Waals surface area contributed by atoms with Gasteiger partial charge in [0.2, 0.25) is 0 Å². The molecule has 0 spiro atoms. The topological polar surface area (TPSA) is 113 Å². The Morgan fingerprint density at radius 1 is 0.392 bits per heavy atom. The first-order valence-electron chi connectivity index (χ1n) is 17.0. The van der Waals surface area contributed by atoms with Crippen LogP contribution >= 0.6 is 7.82 Å². The molecule has 51 heavy (non-hydrogen) atoms. The smallest absolute Gasteiger partial charge is 0.387 e. The van der Waals surface area contributed by atoms with Gasteiger partial charge in [-0.05, 0) is 27.8 Å². The van der Waals surface area contributed by atoms with Gasteiger partial charge >= 0.3 is 7.82 Å². The lowest BCUT2D eigenvalue weighted by atomic mass is 9.84. The lowest BCUT2D eigenvalue weighted by Gasteiger charge is -2.47. The van der Waals surface area contributed by atoms with Crippen LogP contribution in [0.4, 0.5) is 0 Å². The van der Waals surface area contributed by atoms with Crippen LogP contribution in [-0.2, 0) is 65.4 Å². The van der Waals surface area contributed by atoms with Crippen molar-refractivity contribution >= 4 is 7.82 Å². The highest BCUT2D eigenvalue weighted by atomic mass is 31.2. The predicted molar refractivity (Wildman–Crippen MR) is 192 cm³/mol. The fraction of sp³-hybridized carbons (Fsp3) is 0.268. The Morgan fingerprint density at radius 2 is 0.667 bits per heavy atom. The first-order valence-corrected chi connectivity index (χ1v) is 18.4. The molecule has 1 aliphatic rings. The van der Waals surface area contributed by atoms with Gasteiger partial charge in [-0.25, -0.2) is 4.57 Å². The summed E-state index contributed by atoms with van der Waals surface area (Å²) in [6.07, 6.45) is -7.71. The van der Waals surface area contributed by atoms with E-state index in [2.05, 4.69) is 0 Å². The molecule has 10 heteroatoms. The second kappa shape index (κ2) is 18.5. The third-order valence-electron chi connectivity index (χ3n) is 8.56. The van der Waals surface area contributed by atoms with Crippen LogP contribution < -0.4 is 0 Å². The van der Waals surface area contributed by atoms with Crippen molar-refractivity contribution in [2.24, 2.45) is 0 Å². The van der Waals surface area contributed by atoms with Gasteiger partial charge < -0.3 is 24.4 Å². The summed E-state index contributed by atoms with van der Waals surface area (Å²) in [5, 5.41) is 23.8. The average molecular weight is 711 g/mol. The normalized spacial score (nSPS) is 22.1. The van der Waals surface area contributed by atoms with Gasteiger partial charge in [-0.2, -0.15) is 0 Å². The van der Waals surface area contributed by atoms with Crippen molar-refractivity contribution in [2.45, 2.75) is 69.7 Å². The van der Waals surface area contributed by atoms with Crippen LogP contribution in [0.3, 0.4) is 0 Å². The Labute approximate surface area is 298 Å². The molecular formula is C41H43O9P. The predicted octanol–water partition coefficient (Wildman–Crippen LogP) is 7.40. The van der Waals surface area contributed by atoms with E-state index >= 15 is 0 Å². The fourth-order valence-electron chi connectivity index (χ4n) is 5.86. The van der Waals surface area contributed by atoms with Gasteiger partial charge in [0.25, 0.3) is 0 Å². The van der Waals surface area contributed by atoms with Crippen LogP contribution in [-0.4, -0.2) is 46.8 Å². The second-order valence-corrected chi connectivity index (χ2v) is 13.9. The van der Waals surface area contributed by atoms with E-state index in [-0.39, 0.29) is 33.0 Å². The van der Waals surface area contributed by atoms with Crippen molar-refractivity contribution in [3.63, 3.8) is 0 Å². The molecular weight excluding hydrogens is 667 g/mol. The standard InChI is InChI=1S/C41H43O9P/c42-36-38(45-26-31-16-6-1-7-17-31)37(43)40(47-28-33-20-10-3-11-21-33)41(39(36)46-27-32-18-8-2-9-19-32)50-51(44,48-29-34-22-12-4-13-23-34)49-30-35-24-14-5-15-25-35/h1-25,36-43H,26-30H2/t36-,37+,38-,39-,40-,41-/m0/s1. The number of aliphatic hydroxyl groups excluding tert-OH is 2. The van der Waals surface area contributed by atoms with E-state index in [9.17, 15) is 14.8 Å². The largest absolute Gasteiger partial charge is 0.475 e. The molecule has 0 unspecified atom stereocenters. The van der Waals surface area contributed by atoms with Crippen molar-refractivity contribution in [3.8, 4) is 0 Å². The van der Waals surface area contributed by atoms with E-state index in [0.717, 1.165) is 27.8 Å². The number of hydrogen-bond donors (Lipinski definition) is 2. The first-order chi connectivity index (χ1) is 25.0. The van der Waals surface area contributed by atoms with Crippen molar-refractivity contribution in [1.29, 1.82) is 0 Å². The molecule has 0 heterocycles. The number of aliphatic hydroxyl groups is 2. The van der Waals surface area contributed by atoms with Crippen LogP contribution in [0.25, 0.3) is 0 Å². The molecule has 0 radical (unpaired) electrons. The van der Waals surface area contributed by atoms with Crippen LogP contribution in [0, 0.1) is 0 Å². The summed E-state index contributed by atoms with van der Waals surface area (Å²) in [6, 6.07) is 46.8. The molecule has 5 aromatic carbocycles. The van der Waals surface area contributed by atoms with E-state index in [1.807, 2.05) is 152 Å². The first kappa shape index (κ1) is 36.8. The third kappa shape index (κ3) is 10.5. The Morgan fingerprint density at radius 3 is 0.980 bits per heavy atom. The van der Waals surface area contributed by atoms with Gasteiger partial charge in [0, 0.05) is 0 Å². The minimum Gasteiger partial charge on any atom is -0.387 e. The van der Waals surface area contributed by atoms with Crippen LogP contribution in [0.1, 0.15) is 27.8 Å². The molecule has 1 fully saturated rings. The maximum atomic E-state index is 14.7. The summed E-state index contributed by atoms with van der Waals surface area (Å²) in [6.45, 7) is 0.100. The van der Waals surface area contributed by atoms with Gasteiger partial charge in [-0.3, -0.25) is 13.6 Å². The molecule has 6 atom stereocenters. The molecule has 0 aliphatic heterocycles. The molecule has 266 valence electrons.